The second kappa shape index (κ2) is 17.7. The van der Waals surface area contributed by atoms with Crippen LogP contribution < -0.4 is 4.74 Å². The van der Waals surface area contributed by atoms with Crippen LogP contribution in [-0.4, -0.2) is 11.9 Å². The maximum Gasteiger partial charge on any atom is 0.136 e. The van der Waals surface area contributed by atoms with Crippen LogP contribution >= 0.6 is 0 Å². The quantitative estimate of drug-likeness (QED) is 0.103. The van der Waals surface area contributed by atoms with Gasteiger partial charge < -0.3 is 4.74 Å². The SMILES string of the molecule is C=C(CC1=CC(c2cc(OC3CC(CC(CCCCCC)CCCC4CCCC4)C(C(=O)CC4CC4C)C3)c3ccccc3c2)=CC1)C(C)C. The molecule has 0 amide bonds. The van der Waals surface area contributed by atoms with Gasteiger partial charge in [0.15, 0.2) is 0 Å². The maximum atomic E-state index is 14.0. The zero-order valence-electron chi connectivity index (χ0n) is 32.2. The van der Waals surface area contributed by atoms with Crippen molar-refractivity contribution in [3.63, 3.8) is 0 Å². The molecule has 50 heavy (non-hydrogen) atoms. The Kier molecular flexibility index (Phi) is 13.2. The average molecular weight is 677 g/mol. The van der Waals surface area contributed by atoms with E-state index < -0.39 is 0 Å². The minimum atomic E-state index is 0.0986. The van der Waals surface area contributed by atoms with Crippen LogP contribution in [-0.2, 0) is 4.79 Å². The molecule has 6 rings (SSSR count). The standard InChI is InChI=1S/C48H68O2/c1-6-7-8-9-17-37(19-14-18-36-15-10-11-16-36)26-43-29-44(32-46(43)47(49)30-41-25-35(41)5)50-48-31-42(28-40-20-12-13-21-45(40)48)39-23-22-38(27-39)24-34(4)33(2)3/h12-13,20-21,23,27-28,31,33,35-37,41,43-44,46H,4,6-11,14-19,22,24-26,29-30,32H2,1-3,5H3. The number of ether oxygens (including phenoxy) is 1. The second-order valence-electron chi connectivity index (χ2n) is 17.6. The number of fused-ring (bicyclic) bond motifs is 1. The van der Waals surface area contributed by atoms with Gasteiger partial charge in [-0.15, -0.1) is 0 Å². The van der Waals surface area contributed by atoms with Gasteiger partial charge in [-0.25, -0.2) is 0 Å². The number of carbonyl (C=O) groups is 1. The van der Waals surface area contributed by atoms with Gasteiger partial charge in [0.1, 0.15) is 11.5 Å². The molecule has 0 aliphatic heterocycles. The molecule has 4 aliphatic rings. The fourth-order valence-corrected chi connectivity index (χ4v) is 9.70. The molecule has 6 atom stereocenters. The van der Waals surface area contributed by atoms with E-state index in [2.05, 4.69) is 82.8 Å². The lowest BCUT2D eigenvalue weighted by atomic mass is 9.79. The van der Waals surface area contributed by atoms with Gasteiger partial charge in [-0.1, -0.05) is 159 Å². The third kappa shape index (κ3) is 10.0. The van der Waals surface area contributed by atoms with Crippen molar-refractivity contribution in [1.82, 2.24) is 0 Å². The summed E-state index contributed by atoms with van der Waals surface area (Å²) in [5, 5.41) is 2.42. The summed E-state index contributed by atoms with van der Waals surface area (Å²) in [5.41, 5.74) is 5.29. The summed E-state index contributed by atoms with van der Waals surface area (Å²) in [6, 6.07) is 13.3. The molecule has 3 saturated carbocycles. The van der Waals surface area contributed by atoms with E-state index in [-0.39, 0.29) is 12.0 Å². The maximum absolute atomic E-state index is 14.0. The molecule has 0 aromatic heterocycles. The number of rotatable bonds is 20. The summed E-state index contributed by atoms with van der Waals surface area (Å²) in [6.07, 6.45) is 28.6. The number of ketones is 1. The molecule has 0 heterocycles. The third-order valence-electron chi connectivity index (χ3n) is 13.3. The van der Waals surface area contributed by atoms with Crippen LogP contribution in [0, 0.1) is 41.4 Å². The topological polar surface area (TPSA) is 26.3 Å². The van der Waals surface area contributed by atoms with E-state index in [9.17, 15) is 4.79 Å². The van der Waals surface area contributed by atoms with Crippen molar-refractivity contribution in [2.75, 3.05) is 0 Å². The van der Waals surface area contributed by atoms with Crippen molar-refractivity contribution in [1.29, 1.82) is 0 Å². The fraction of sp³-hybridized carbons (Fsp3) is 0.646. The first-order valence-corrected chi connectivity index (χ1v) is 21.1. The molecule has 2 aromatic carbocycles. The Morgan fingerprint density at radius 1 is 0.960 bits per heavy atom. The number of benzene rings is 2. The molecule has 0 radical (unpaired) electrons. The Morgan fingerprint density at radius 3 is 2.50 bits per heavy atom. The van der Waals surface area contributed by atoms with Crippen molar-refractivity contribution in [3.05, 3.63) is 71.8 Å². The molecule has 272 valence electrons. The highest BCUT2D eigenvalue weighted by Crippen LogP contribution is 2.47. The highest BCUT2D eigenvalue weighted by atomic mass is 16.5. The van der Waals surface area contributed by atoms with Crippen LogP contribution in [0.5, 0.6) is 5.75 Å². The second-order valence-corrected chi connectivity index (χ2v) is 17.6. The smallest absolute Gasteiger partial charge is 0.136 e. The highest BCUT2D eigenvalue weighted by Gasteiger charge is 2.43. The molecule has 0 saturated heterocycles. The number of hydrogen-bond donors (Lipinski definition) is 0. The average Bonchev–Trinajstić information content (AvgIpc) is 3.55. The summed E-state index contributed by atoms with van der Waals surface area (Å²) < 4.78 is 7.09. The Balaban J connectivity index is 1.19. The van der Waals surface area contributed by atoms with Gasteiger partial charge in [-0.3, -0.25) is 4.79 Å². The van der Waals surface area contributed by atoms with Crippen LogP contribution in [0.4, 0.5) is 0 Å². The van der Waals surface area contributed by atoms with E-state index in [0.717, 1.165) is 55.6 Å². The summed E-state index contributed by atoms with van der Waals surface area (Å²) in [5.74, 6) is 5.73. The van der Waals surface area contributed by atoms with Gasteiger partial charge in [0.05, 0.1) is 6.10 Å². The Hall–Kier alpha value is -2.61. The van der Waals surface area contributed by atoms with Gasteiger partial charge in [0, 0.05) is 17.7 Å². The predicted octanol–water partition coefficient (Wildman–Crippen LogP) is 13.9. The summed E-state index contributed by atoms with van der Waals surface area (Å²) in [6.45, 7) is 13.5. The van der Waals surface area contributed by atoms with Crippen LogP contribution in [0.2, 0.25) is 0 Å². The molecule has 2 nitrogen and oxygen atoms in total. The third-order valence-corrected chi connectivity index (χ3v) is 13.3. The van der Waals surface area contributed by atoms with Crippen molar-refractivity contribution in [3.8, 4) is 5.75 Å². The largest absolute Gasteiger partial charge is 0.490 e. The van der Waals surface area contributed by atoms with Gasteiger partial charge in [-0.2, -0.15) is 0 Å². The minimum absolute atomic E-state index is 0.0986. The van der Waals surface area contributed by atoms with Crippen molar-refractivity contribution in [2.45, 2.75) is 156 Å². The van der Waals surface area contributed by atoms with Crippen molar-refractivity contribution >= 4 is 22.1 Å². The van der Waals surface area contributed by atoms with Gasteiger partial charge in [-0.05, 0) is 103 Å². The summed E-state index contributed by atoms with van der Waals surface area (Å²) >= 11 is 0. The molecule has 2 aromatic rings. The first-order chi connectivity index (χ1) is 24.3. The van der Waals surface area contributed by atoms with Gasteiger partial charge in [0.25, 0.3) is 0 Å². The van der Waals surface area contributed by atoms with Crippen LogP contribution in [0.1, 0.15) is 155 Å². The number of allylic oxidation sites excluding steroid dienone is 5. The Bertz CT molecular complexity index is 1500. The van der Waals surface area contributed by atoms with Crippen LogP contribution in [0.25, 0.3) is 16.3 Å². The Morgan fingerprint density at radius 2 is 1.74 bits per heavy atom. The molecular formula is C48H68O2. The molecule has 0 spiro atoms. The van der Waals surface area contributed by atoms with E-state index in [0.29, 0.717) is 23.5 Å². The zero-order valence-corrected chi connectivity index (χ0v) is 32.2. The van der Waals surface area contributed by atoms with Crippen LogP contribution in [0.3, 0.4) is 0 Å². The molecule has 0 bridgehead atoms. The molecular weight excluding hydrogens is 609 g/mol. The fourth-order valence-electron chi connectivity index (χ4n) is 9.70. The first-order valence-electron chi connectivity index (χ1n) is 21.1. The molecule has 3 fully saturated rings. The zero-order chi connectivity index (χ0) is 35.0. The predicted molar refractivity (Wildman–Crippen MR) is 213 cm³/mol. The number of hydrogen-bond acceptors (Lipinski definition) is 2. The van der Waals surface area contributed by atoms with Crippen molar-refractivity contribution < 1.29 is 9.53 Å². The van der Waals surface area contributed by atoms with E-state index in [1.807, 2.05) is 0 Å². The molecule has 6 unspecified atom stereocenters. The van der Waals surface area contributed by atoms with E-state index in [1.54, 1.807) is 0 Å². The minimum Gasteiger partial charge on any atom is -0.490 e. The summed E-state index contributed by atoms with van der Waals surface area (Å²) in [4.78, 5) is 14.0. The molecule has 2 heteroatoms. The van der Waals surface area contributed by atoms with Crippen LogP contribution in [0.15, 0.2) is 66.3 Å². The van der Waals surface area contributed by atoms with E-state index in [1.165, 1.54) is 123 Å². The van der Waals surface area contributed by atoms with Crippen molar-refractivity contribution in [2.24, 2.45) is 41.4 Å². The Labute approximate surface area is 305 Å². The highest BCUT2D eigenvalue weighted by molar-refractivity contribution is 5.93. The number of Topliss-reactive ketones (excluding diaryl/α,β-unsaturated/α-hetero) is 1. The van der Waals surface area contributed by atoms with E-state index in [4.69, 9.17) is 4.74 Å². The lowest BCUT2D eigenvalue weighted by Crippen LogP contribution is -2.22. The van der Waals surface area contributed by atoms with E-state index >= 15 is 0 Å². The number of unbranched alkanes of at least 4 members (excludes halogenated alkanes) is 3. The molecule has 0 N–H and O–H groups in total. The summed E-state index contributed by atoms with van der Waals surface area (Å²) in [7, 11) is 0. The number of carbonyl (C=O) groups excluding carboxylic acids is 1. The first kappa shape index (κ1) is 37.2. The van der Waals surface area contributed by atoms with Gasteiger partial charge in [0.2, 0.25) is 0 Å². The van der Waals surface area contributed by atoms with Gasteiger partial charge >= 0.3 is 0 Å². The lowest BCUT2D eigenvalue weighted by Gasteiger charge is -2.25. The lowest BCUT2D eigenvalue weighted by molar-refractivity contribution is -0.124. The molecule has 4 aliphatic carbocycles. The monoisotopic (exact) mass is 677 g/mol. The normalized spacial score (nSPS) is 25.7.